The van der Waals surface area contributed by atoms with Crippen LogP contribution in [0.5, 0.6) is 0 Å². The molecule has 0 bridgehead atoms. The Morgan fingerprint density at radius 1 is 0.270 bits per heavy atom. The van der Waals surface area contributed by atoms with E-state index in [9.17, 15) is 43.2 Å². The molecule has 0 aromatic heterocycles. The molecule has 0 saturated carbocycles. The van der Waals surface area contributed by atoms with Gasteiger partial charge in [-0.05, 0) is 25.7 Å². The number of aliphatic hydroxyl groups excluding tert-OH is 1. The van der Waals surface area contributed by atoms with Gasteiger partial charge in [0.25, 0.3) is 0 Å². The molecule has 0 aromatic rings. The lowest BCUT2D eigenvalue weighted by Crippen LogP contribution is -2.30. The van der Waals surface area contributed by atoms with Gasteiger partial charge in [-0.2, -0.15) is 0 Å². The van der Waals surface area contributed by atoms with Gasteiger partial charge in [0, 0.05) is 25.7 Å². The molecule has 89 heavy (non-hydrogen) atoms. The minimum Gasteiger partial charge on any atom is -0.462 e. The molecule has 19 heteroatoms. The lowest BCUT2D eigenvalue weighted by Gasteiger charge is -2.21. The maximum absolute atomic E-state index is 13.0. The third-order valence-electron chi connectivity index (χ3n) is 16.4. The Balaban J connectivity index is 5.13. The molecule has 2 unspecified atom stereocenters. The minimum absolute atomic E-state index is 0.107. The maximum atomic E-state index is 13.0. The van der Waals surface area contributed by atoms with Crippen LogP contribution >= 0.6 is 15.6 Å². The van der Waals surface area contributed by atoms with Crippen molar-refractivity contribution in [2.75, 3.05) is 39.6 Å². The molecule has 3 N–H and O–H groups in total. The van der Waals surface area contributed by atoms with Crippen molar-refractivity contribution in [3.8, 4) is 0 Å². The van der Waals surface area contributed by atoms with Crippen LogP contribution in [0.2, 0.25) is 0 Å². The van der Waals surface area contributed by atoms with E-state index in [0.29, 0.717) is 25.7 Å². The summed E-state index contributed by atoms with van der Waals surface area (Å²) in [6, 6.07) is 0. The van der Waals surface area contributed by atoms with Gasteiger partial charge in [0.2, 0.25) is 0 Å². The molecule has 0 aromatic carbocycles. The summed E-state index contributed by atoms with van der Waals surface area (Å²) in [5, 5.41) is 10.6. The van der Waals surface area contributed by atoms with Gasteiger partial charge < -0.3 is 33.8 Å². The number of carbonyl (C=O) groups is 4. The summed E-state index contributed by atoms with van der Waals surface area (Å²) in [5.74, 6) is -2.13. The summed E-state index contributed by atoms with van der Waals surface area (Å²) < 4.78 is 68.1. The largest absolute Gasteiger partial charge is 0.472 e. The van der Waals surface area contributed by atoms with Crippen molar-refractivity contribution in [3.05, 3.63) is 0 Å². The van der Waals surface area contributed by atoms with Gasteiger partial charge in [0.05, 0.1) is 26.4 Å². The number of unbranched alkanes of at least 4 members (excludes halogenated alkanes) is 45. The zero-order chi connectivity index (χ0) is 65.4. The number of ether oxygens (including phenoxy) is 4. The molecule has 5 atom stereocenters. The first kappa shape index (κ1) is 87.1. The molecule has 0 spiro atoms. The maximum Gasteiger partial charge on any atom is 0.472 e. The first-order chi connectivity index (χ1) is 43.2. The van der Waals surface area contributed by atoms with Crippen LogP contribution in [0, 0.1) is 0 Å². The molecule has 0 aliphatic rings. The molecule has 0 heterocycles. The molecule has 0 saturated heterocycles. The van der Waals surface area contributed by atoms with Crippen LogP contribution < -0.4 is 0 Å². The molecule has 0 fully saturated rings. The fraction of sp³-hybridized carbons (Fsp3) is 0.943. The summed E-state index contributed by atoms with van der Waals surface area (Å²) in [5.41, 5.74) is 0. The lowest BCUT2D eigenvalue weighted by atomic mass is 10.0. The molecule has 17 nitrogen and oxygen atoms in total. The Morgan fingerprint density at radius 2 is 0.449 bits per heavy atom. The quantitative estimate of drug-likeness (QED) is 0.0222. The van der Waals surface area contributed by atoms with Crippen LogP contribution in [0.3, 0.4) is 0 Å². The first-order valence-corrected chi connectivity index (χ1v) is 39.8. The number of carbonyl (C=O) groups excluding carboxylic acids is 4. The third-order valence-corrected chi connectivity index (χ3v) is 18.3. The van der Waals surface area contributed by atoms with Gasteiger partial charge in [0.15, 0.2) is 12.2 Å². The van der Waals surface area contributed by atoms with E-state index < -0.39 is 97.5 Å². The number of hydrogen-bond donors (Lipinski definition) is 3. The number of phosphoric ester groups is 2. The van der Waals surface area contributed by atoms with Crippen molar-refractivity contribution < 1.29 is 80.2 Å². The van der Waals surface area contributed by atoms with Gasteiger partial charge in [-0.15, -0.1) is 0 Å². The van der Waals surface area contributed by atoms with Crippen molar-refractivity contribution in [2.24, 2.45) is 0 Å². The molecular formula is C70H136O17P2. The van der Waals surface area contributed by atoms with Crippen molar-refractivity contribution in [1.29, 1.82) is 0 Å². The molecule has 0 aliphatic carbocycles. The summed E-state index contributed by atoms with van der Waals surface area (Å²) in [6.07, 6.45) is 53.1. The molecule has 0 rings (SSSR count). The Morgan fingerprint density at radius 3 is 0.663 bits per heavy atom. The second-order valence-corrected chi connectivity index (χ2v) is 28.2. The van der Waals surface area contributed by atoms with Crippen LogP contribution in [0.15, 0.2) is 0 Å². The number of phosphoric acid groups is 2. The number of esters is 4. The SMILES string of the molecule is CCCCCCCCCCCCCCCCCCCCCC(=O)O[C@H](COC(=O)CCCCCCCCCCCCCCC)COP(=O)(O)OC[C@@H](O)COP(=O)(O)OC[C@@H](COC(=O)CCCCCCC)OC(=O)CCCCCCCCCCCCCC. The van der Waals surface area contributed by atoms with E-state index in [4.69, 9.17) is 37.0 Å². The summed E-state index contributed by atoms with van der Waals surface area (Å²) >= 11 is 0. The van der Waals surface area contributed by atoms with E-state index in [1.165, 1.54) is 193 Å². The van der Waals surface area contributed by atoms with E-state index in [1.807, 2.05) is 0 Å². The monoisotopic (exact) mass is 1310 g/mol. The first-order valence-electron chi connectivity index (χ1n) is 36.8. The third kappa shape index (κ3) is 64.6. The fourth-order valence-corrected chi connectivity index (χ4v) is 12.3. The zero-order valence-corrected chi connectivity index (χ0v) is 59.2. The topological polar surface area (TPSA) is 237 Å². The standard InChI is InChI=1S/C70H136O17P2/c1-5-9-13-17-20-23-26-29-30-31-32-33-34-36-39-42-45-49-53-57-70(75)87-66(61-81-68(73)55-51-47-43-40-38-35-27-24-21-18-14-10-6-2)63-85-89(78,79)83-59-64(71)58-82-88(76,77)84-62-65(60-80-67(72)54-50-46-16-12-8-4)86-69(74)56-52-48-44-41-37-28-25-22-19-15-11-7-3/h64-66,71H,5-63H2,1-4H3,(H,76,77)(H,78,79)/t64-,65+,66+/m0/s1. The molecule has 0 radical (unpaired) electrons. The fourth-order valence-electron chi connectivity index (χ4n) is 10.7. The predicted molar refractivity (Wildman–Crippen MR) is 359 cm³/mol. The smallest absolute Gasteiger partial charge is 0.462 e. The normalized spacial score (nSPS) is 14.0. The van der Waals surface area contributed by atoms with E-state index in [2.05, 4.69) is 27.7 Å². The van der Waals surface area contributed by atoms with E-state index in [-0.39, 0.29) is 25.7 Å². The second kappa shape index (κ2) is 64.8. The van der Waals surface area contributed by atoms with E-state index >= 15 is 0 Å². The Labute approximate surface area is 543 Å². The van der Waals surface area contributed by atoms with Crippen molar-refractivity contribution >= 4 is 39.5 Å². The molecular weight excluding hydrogens is 1170 g/mol. The van der Waals surface area contributed by atoms with Crippen LogP contribution in [0.4, 0.5) is 0 Å². The van der Waals surface area contributed by atoms with Crippen LogP contribution in [-0.4, -0.2) is 96.7 Å². The summed E-state index contributed by atoms with van der Waals surface area (Å²) in [4.78, 5) is 72.3. The second-order valence-electron chi connectivity index (χ2n) is 25.3. The molecule has 0 amide bonds. The van der Waals surface area contributed by atoms with Crippen LogP contribution in [0.25, 0.3) is 0 Å². The number of hydrogen-bond acceptors (Lipinski definition) is 15. The van der Waals surface area contributed by atoms with E-state index in [0.717, 1.165) is 96.3 Å². The highest BCUT2D eigenvalue weighted by molar-refractivity contribution is 7.47. The highest BCUT2D eigenvalue weighted by atomic mass is 31.2. The molecule has 528 valence electrons. The van der Waals surface area contributed by atoms with Crippen LogP contribution in [0.1, 0.15) is 368 Å². The van der Waals surface area contributed by atoms with E-state index in [1.54, 1.807) is 0 Å². The summed E-state index contributed by atoms with van der Waals surface area (Å²) in [6.45, 7) is 4.86. The van der Waals surface area contributed by atoms with Gasteiger partial charge in [-0.3, -0.25) is 37.3 Å². The summed E-state index contributed by atoms with van der Waals surface area (Å²) in [7, 11) is -9.89. The Bertz CT molecular complexity index is 1710. The zero-order valence-electron chi connectivity index (χ0n) is 57.4. The van der Waals surface area contributed by atoms with Crippen molar-refractivity contribution in [2.45, 2.75) is 386 Å². The average molecular weight is 1310 g/mol. The van der Waals surface area contributed by atoms with Crippen molar-refractivity contribution in [1.82, 2.24) is 0 Å². The number of aliphatic hydroxyl groups is 1. The highest BCUT2D eigenvalue weighted by Crippen LogP contribution is 2.45. The van der Waals surface area contributed by atoms with Gasteiger partial charge in [-0.25, -0.2) is 9.13 Å². The highest BCUT2D eigenvalue weighted by Gasteiger charge is 2.30. The van der Waals surface area contributed by atoms with Gasteiger partial charge in [-0.1, -0.05) is 317 Å². The predicted octanol–water partition coefficient (Wildman–Crippen LogP) is 20.3. The van der Waals surface area contributed by atoms with Gasteiger partial charge >= 0.3 is 39.5 Å². The lowest BCUT2D eigenvalue weighted by molar-refractivity contribution is -0.161. The van der Waals surface area contributed by atoms with Crippen molar-refractivity contribution in [3.63, 3.8) is 0 Å². The Hall–Kier alpha value is -1.94. The van der Waals surface area contributed by atoms with Crippen LogP contribution in [-0.2, 0) is 65.4 Å². The van der Waals surface area contributed by atoms with Gasteiger partial charge in [0.1, 0.15) is 19.3 Å². The minimum atomic E-state index is -4.95. The molecule has 0 aliphatic heterocycles. The number of rotatable bonds is 71. The Kier molecular flexibility index (Phi) is 63.3. The average Bonchev–Trinajstić information content (AvgIpc) is 3.63.